The van der Waals surface area contributed by atoms with E-state index in [-0.39, 0.29) is 0 Å². The topological polar surface area (TPSA) is 50.8 Å². The summed E-state index contributed by atoms with van der Waals surface area (Å²) in [5, 5.41) is 2.75. The largest absolute Gasteiger partial charge is 0.494 e. The fraction of sp³-hybridized carbons (Fsp3) is 0.350. The summed E-state index contributed by atoms with van der Waals surface area (Å²) in [6, 6.07) is 15.1. The third kappa shape index (κ3) is 6.37. The van der Waals surface area contributed by atoms with Crippen molar-refractivity contribution in [3.8, 4) is 11.5 Å². The van der Waals surface area contributed by atoms with Gasteiger partial charge in [0, 0.05) is 32.4 Å². The van der Waals surface area contributed by atoms with E-state index in [2.05, 4.69) is 12.2 Å². The van der Waals surface area contributed by atoms with Gasteiger partial charge >= 0.3 is 6.09 Å². The van der Waals surface area contributed by atoms with Crippen molar-refractivity contribution in [3.05, 3.63) is 54.1 Å². The van der Waals surface area contributed by atoms with Crippen LogP contribution in [-0.4, -0.2) is 26.8 Å². The van der Waals surface area contributed by atoms with E-state index in [0.717, 1.165) is 36.4 Å². The fourth-order valence-electron chi connectivity index (χ4n) is 2.18. The molecule has 25 heavy (non-hydrogen) atoms. The standard InChI is InChI=1S/C20H26N2O3/c1-4-5-13-24-18-11-9-16(10-12-18)15-21-20(23)25-19-8-6-7-17(14-19)22(2)3/h6-12,14H,4-5,13,15H2,1-3H3,(H,21,23). The molecule has 5 heteroatoms. The molecule has 0 aliphatic carbocycles. The lowest BCUT2D eigenvalue weighted by Gasteiger charge is -2.13. The first kappa shape index (κ1) is 18.6. The highest BCUT2D eigenvalue weighted by atomic mass is 16.6. The molecule has 0 aromatic heterocycles. The summed E-state index contributed by atoms with van der Waals surface area (Å²) in [7, 11) is 3.88. The number of hydrogen-bond acceptors (Lipinski definition) is 4. The van der Waals surface area contributed by atoms with Gasteiger partial charge in [-0.1, -0.05) is 31.5 Å². The number of ether oxygens (including phenoxy) is 2. The van der Waals surface area contributed by atoms with E-state index >= 15 is 0 Å². The number of anilines is 1. The minimum absolute atomic E-state index is 0.404. The molecule has 5 nitrogen and oxygen atoms in total. The highest BCUT2D eigenvalue weighted by molar-refractivity contribution is 5.71. The molecule has 2 aromatic rings. The third-order valence-corrected chi connectivity index (χ3v) is 3.67. The van der Waals surface area contributed by atoms with Crippen LogP contribution in [0, 0.1) is 0 Å². The van der Waals surface area contributed by atoms with Crippen LogP contribution >= 0.6 is 0 Å². The van der Waals surface area contributed by atoms with E-state index in [1.807, 2.05) is 61.5 Å². The lowest BCUT2D eigenvalue weighted by molar-refractivity contribution is 0.200. The maximum atomic E-state index is 11.9. The predicted molar refractivity (Wildman–Crippen MR) is 100 cm³/mol. The molecule has 0 saturated heterocycles. The summed E-state index contributed by atoms with van der Waals surface area (Å²) >= 11 is 0. The highest BCUT2D eigenvalue weighted by Crippen LogP contribution is 2.19. The Kier molecular flexibility index (Phi) is 7.14. The summed E-state index contributed by atoms with van der Waals surface area (Å²) in [4.78, 5) is 13.9. The Bertz CT molecular complexity index is 669. The first-order valence-corrected chi connectivity index (χ1v) is 8.53. The number of amides is 1. The summed E-state index contributed by atoms with van der Waals surface area (Å²) in [5.74, 6) is 1.36. The van der Waals surface area contributed by atoms with Crippen molar-refractivity contribution < 1.29 is 14.3 Å². The van der Waals surface area contributed by atoms with E-state index in [1.54, 1.807) is 6.07 Å². The van der Waals surface area contributed by atoms with Gasteiger partial charge in [0.25, 0.3) is 0 Å². The van der Waals surface area contributed by atoms with Crippen LogP contribution in [0.25, 0.3) is 0 Å². The van der Waals surface area contributed by atoms with E-state index < -0.39 is 6.09 Å². The molecular formula is C20H26N2O3. The van der Waals surface area contributed by atoms with Gasteiger partial charge in [-0.25, -0.2) is 4.79 Å². The van der Waals surface area contributed by atoms with E-state index in [1.165, 1.54) is 0 Å². The molecular weight excluding hydrogens is 316 g/mol. The molecule has 134 valence electrons. The van der Waals surface area contributed by atoms with Crippen LogP contribution in [0.3, 0.4) is 0 Å². The van der Waals surface area contributed by atoms with Crippen molar-refractivity contribution in [2.45, 2.75) is 26.3 Å². The molecule has 1 amide bonds. The van der Waals surface area contributed by atoms with Crippen LogP contribution in [0.1, 0.15) is 25.3 Å². The average molecular weight is 342 g/mol. The number of carbonyl (C=O) groups is 1. The molecule has 0 spiro atoms. The van der Waals surface area contributed by atoms with Gasteiger partial charge in [-0.3, -0.25) is 0 Å². The zero-order valence-electron chi connectivity index (χ0n) is 15.1. The van der Waals surface area contributed by atoms with E-state index in [4.69, 9.17) is 9.47 Å². The van der Waals surface area contributed by atoms with Gasteiger partial charge in [-0.2, -0.15) is 0 Å². The Morgan fingerprint density at radius 2 is 1.84 bits per heavy atom. The summed E-state index contributed by atoms with van der Waals surface area (Å²) in [5.41, 5.74) is 1.96. The van der Waals surface area contributed by atoms with Crippen LogP contribution < -0.4 is 19.7 Å². The van der Waals surface area contributed by atoms with Crippen molar-refractivity contribution >= 4 is 11.8 Å². The van der Waals surface area contributed by atoms with Crippen LogP contribution in [0.2, 0.25) is 0 Å². The Hall–Kier alpha value is -2.69. The number of nitrogens with one attached hydrogen (secondary N) is 1. The second kappa shape index (κ2) is 9.57. The molecule has 0 aliphatic heterocycles. The second-order valence-corrected chi connectivity index (χ2v) is 5.98. The maximum Gasteiger partial charge on any atom is 0.412 e. The van der Waals surface area contributed by atoms with Crippen LogP contribution in [0.15, 0.2) is 48.5 Å². The number of carbonyl (C=O) groups excluding carboxylic acids is 1. The van der Waals surface area contributed by atoms with Crippen molar-refractivity contribution in [1.29, 1.82) is 0 Å². The molecule has 2 aromatic carbocycles. The molecule has 0 fully saturated rings. The van der Waals surface area contributed by atoms with E-state index in [9.17, 15) is 4.79 Å². The van der Waals surface area contributed by atoms with Crippen LogP contribution in [-0.2, 0) is 6.54 Å². The van der Waals surface area contributed by atoms with Gasteiger partial charge in [0.2, 0.25) is 0 Å². The third-order valence-electron chi connectivity index (χ3n) is 3.67. The van der Waals surface area contributed by atoms with Gasteiger partial charge in [-0.15, -0.1) is 0 Å². The lowest BCUT2D eigenvalue weighted by Crippen LogP contribution is -2.26. The second-order valence-electron chi connectivity index (χ2n) is 5.98. The Labute approximate surface area is 149 Å². The molecule has 0 atom stereocenters. The smallest absolute Gasteiger partial charge is 0.412 e. The first-order valence-electron chi connectivity index (χ1n) is 8.53. The van der Waals surface area contributed by atoms with Crippen molar-refractivity contribution in [1.82, 2.24) is 5.32 Å². The molecule has 0 aliphatic rings. The van der Waals surface area contributed by atoms with Crippen molar-refractivity contribution in [2.24, 2.45) is 0 Å². The number of nitrogens with zero attached hydrogens (tertiary/aromatic N) is 1. The highest BCUT2D eigenvalue weighted by Gasteiger charge is 2.06. The van der Waals surface area contributed by atoms with Gasteiger partial charge < -0.3 is 19.7 Å². The first-order chi connectivity index (χ1) is 12.1. The lowest BCUT2D eigenvalue weighted by atomic mass is 10.2. The van der Waals surface area contributed by atoms with Crippen LogP contribution in [0.5, 0.6) is 11.5 Å². The zero-order valence-corrected chi connectivity index (χ0v) is 15.1. The summed E-state index contributed by atoms with van der Waals surface area (Å²) in [6.45, 7) is 3.27. The van der Waals surface area contributed by atoms with Gasteiger partial charge in [0.15, 0.2) is 0 Å². The fourth-order valence-corrected chi connectivity index (χ4v) is 2.18. The van der Waals surface area contributed by atoms with Crippen molar-refractivity contribution in [2.75, 3.05) is 25.6 Å². The molecule has 2 rings (SSSR count). The van der Waals surface area contributed by atoms with Gasteiger partial charge in [0.05, 0.1) is 6.61 Å². The molecule has 0 radical (unpaired) electrons. The number of benzene rings is 2. The number of unbranched alkanes of at least 4 members (excludes halogenated alkanes) is 1. The monoisotopic (exact) mass is 342 g/mol. The summed E-state index contributed by atoms with van der Waals surface area (Å²) in [6.07, 6.45) is 1.69. The minimum atomic E-state index is -0.473. The molecule has 1 N–H and O–H groups in total. The van der Waals surface area contributed by atoms with Crippen molar-refractivity contribution in [3.63, 3.8) is 0 Å². The minimum Gasteiger partial charge on any atom is -0.494 e. The normalized spacial score (nSPS) is 10.2. The quantitative estimate of drug-likeness (QED) is 0.730. The zero-order chi connectivity index (χ0) is 18.1. The number of rotatable bonds is 8. The van der Waals surface area contributed by atoms with E-state index in [0.29, 0.717) is 12.3 Å². The predicted octanol–water partition coefficient (Wildman–Crippen LogP) is 4.22. The Morgan fingerprint density at radius 1 is 1.08 bits per heavy atom. The summed E-state index contributed by atoms with van der Waals surface area (Å²) < 4.78 is 10.9. The number of hydrogen-bond donors (Lipinski definition) is 1. The van der Waals surface area contributed by atoms with Gasteiger partial charge in [-0.05, 0) is 36.2 Å². The molecule has 0 unspecified atom stereocenters. The average Bonchev–Trinajstić information content (AvgIpc) is 2.61. The maximum absolute atomic E-state index is 11.9. The van der Waals surface area contributed by atoms with Gasteiger partial charge in [0.1, 0.15) is 11.5 Å². The van der Waals surface area contributed by atoms with Crippen LogP contribution in [0.4, 0.5) is 10.5 Å². The molecule has 0 bridgehead atoms. The SMILES string of the molecule is CCCCOc1ccc(CNC(=O)Oc2cccc(N(C)C)c2)cc1. The molecule has 0 saturated carbocycles. The Morgan fingerprint density at radius 3 is 2.52 bits per heavy atom. The molecule has 0 heterocycles. The Balaban J connectivity index is 1.80.